The molecule has 0 unspecified atom stereocenters. The molecule has 0 radical (unpaired) electrons. The van der Waals surface area contributed by atoms with Crippen LogP contribution in [0.5, 0.6) is 5.75 Å². The summed E-state index contributed by atoms with van der Waals surface area (Å²) in [4.78, 5) is 24.2. The van der Waals surface area contributed by atoms with Gasteiger partial charge in [0.05, 0.1) is 12.8 Å². The summed E-state index contributed by atoms with van der Waals surface area (Å²) in [5.41, 5.74) is 12.5. The molecule has 0 aliphatic carbocycles. The van der Waals surface area contributed by atoms with Gasteiger partial charge in [0.1, 0.15) is 23.5 Å². The number of amides is 1. The number of benzene rings is 1. The van der Waals surface area contributed by atoms with Crippen molar-refractivity contribution >= 4 is 28.9 Å². The first-order valence-electron chi connectivity index (χ1n) is 7.67. The lowest BCUT2D eigenvalue weighted by Gasteiger charge is -2.14. The minimum Gasteiger partial charge on any atom is -0.495 e. The molecule has 1 amide bonds. The van der Waals surface area contributed by atoms with Gasteiger partial charge in [-0.15, -0.1) is 0 Å². The van der Waals surface area contributed by atoms with Crippen LogP contribution >= 0.6 is 0 Å². The molecule has 0 aliphatic rings. The van der Waals surface area contributed by atoms with Gasteiger partial charge in [0.15, 0.2) is 11.6 Å². The number of nitrogen functional groups attached to an aromatic ring is 1. The van der Waals surface area contributed by atoms with E-state index in [2.05, 4.69) is 31.1 Å². The number of pyridine rings is 1. The van der Waals surface area contributed by atoms with Crippen LogP contribution in [0, 0.1) is 0 Å². The first-order valence-corrected chi connectivity index (χ1v) is 7.67. The molecule has 9 heteroatoms. The minimum absolute atomic E-state index is 0.236. The molecule has 3 aromatic rings. The Morgan fingerprint density at radius 3 is 2.58 bits per heavy atom. The second-order valence-corrected chi connectivity index (χ2v) is 5.10. The van der Waals surface area contributed by atoms with Gasteiger partial charge in [0, 0.05) is 6.20 Å². The number of nitrogens with zero attached hydrogens (tertiary/aromatic N) is 3. The summed E-state index contributed by atoms with van der Waals surface area (Å²) in [6, 6.07) is 12.4. The fourth-order valence-corrected chi connectivity index (χ4v) is 2.15. The SMILES string of the molecule is COc1ccccc1Nc1ncnc(NNC(=O)c2ccccn2)c1N. The molecule has 0 bridgehead atoms. The van der Waals surface area contributed by atoms with Crippen LogP contribution in [0.4, 0.5) is 23.0 Å². The van der Waals surface area contributed by atoms with Crippen molar-refractivity contribution in [3.8, 4) is 5.75 Å². The van der Waals surface area contributed by atoms with E-state index in [-0.39, 0.29) is 17.2 Å². The Labute approximate surface area is 149 Å². The van der Waals surface area contributed by atoms with Gasteiger partial charge in [-0.1, -0.05) is 18.2 Å². The summed E-state index contributed by atoms with van der Waals surface area (Å²) in [7, 11) is 1.57. The Morgan fingerprint density at radius 1 is 1.04 bits per heavy atom. The number of hydrogen-bond donors (Lipinski definition) is 4. The lowest BCUT2D eigenvalue weighted by Crippen LogP contribution is -2.31. The molecule has 0 spiro atoms. The fourth-order valence-electron chi connectivity index (χ4n) is 2.15. The number of carbonyl (C=O) groups excluding carboxylic acids is 1. The number of para-hydroxylation sites is 2. The second kappa shape index (κ2) is 7.79. The van der Waals surface area contributed by atoms with Crippen LogP contribution in [-0.2, 0) is 0 Å². The van der Waals surface area contributed by atoms with E-state index in [0.29, 0.717) is 17.3 Å². The molecular weight excluding hydrogens is 334 g/mol. The summed E-state index contributed by atoms with van der Waals surface area (Å²) in [6.45, 7) is 0. The zero-order chi connectivity index (χ0) is 18.4. The maximum absolute atomic E-state index is 12.0. The third kappa shape index (κ3) is 3.78. The van der Waals surface area contributed by atoms with Crippen LogP contribution in [-0.4, -0.2) is 28.0 Å². The zero-order valence-electron chi connectivity index (χ0n) is 13.9. The Hall–Kier alpha value is -3.88. The monoisotopic (exact) mass is 351 g/mol. The topological polar surface area (TPSA) is 127 Å². The third-order valence-corrected chi connectivity index (χ3v) is 3.44. The largest absolute Gasteiger partial charge is 0.495 e. The molecule has 1 aromatic carbocycles. The number of nitrogens with one attached hydrogen (secondary N) is 3. The highest BCUT2D eigenvalue weighted by atomic mass is 16.5. The van der Waals surface area contributed by atoms with E-state index in [0.717, 1.165) is 0 Å². The highest BCUT2D eigenvalue weighted by Gasteiger charge is 2.12. The highest BCUT2D eigenvalue weighted by molar-refractivity contribution is 5.93. The van der Waals surface area contributed by atoms with Gasteiger partial charge in [-0.3, -0.25) is 20.6 Å². The second-order valence-electron chi connectivity index (χ2n) is 5.10. The molecule has 0 aliphatic heterocycles. The standard InChI is InChI=1S/C17H17N7O2/c1-26-13-8-3-2-6-11(13)22-15-14(18)16(21-10-20-15)23-24-17(25)12-7-4-5-9-19-12/h2-10H,18H2,1H3,(H,24,25)(H2,20,21,22,23). The number of rotatable bonds is 6. The molecule has 2 aromatic heterocycles. The first kappa shape index (κ1) is 17.0. The van der Waals surface area contributed by atoms with Crippen molar-refractivity contribution < 1.29 is 9.53 Å². The van der Waals surface area contributed by atoms with Crippen LogP contribution in [0.15, 0.2) is 55.0 Å². The average Bonchev–Trinajstić information content (AvgIpc) is 2.69. The molecule has 0 fully saturated rings. The normalized spacial score (nSPS) is 10.0. The molecule has 0 atom stereocenters. The molecule has 5 N–H and O–H groups in total. The molecular formula is C17H17N7O2. The van der Waals surface area contributed by atoms with Crippen LogP contribution < -0.4 is 26.6 Å². The number of anilines is 4. The van der Waals surface area contributed by atoms with E-state index in [1.54, 1.807) is 25.3 Å². The van der Waals surface area contributed by atoms with Gasteiger partial charge in [-0.2, -0.15) is 0 Å². The van der Waals surface area contributed by atoms with E-state index >= 15 is 0 Å². The maximum atomic E-state index is 12.0. The van der Waals surface area contributed by atoms with Gasteiger partial charge in [-0.25, -0.2) is 9.97 Å². The number of methoxy groups -OCH3 is 1. The van der Waals surface area contributed by atoms with Crippen molar-refractivity contribution in [3.63, 3.8) is 0 Å². The van der Waals surface area contributed by atoms with Gasteiger partial charge in [0.2, 0.25) is 0 Å². The predicted octanol–water partition coefficient (Wildman–Crippen LogP) is 1.96. The van der Waals surface area contributed by atoms with Gasteiger partial charge in [0.25, 0.3) is 5.91 Å². The number of carbonyl (C=O) groups is 1. The van der Waals surface area contributed by atoms with Crippen LogP contribution in [0.25, 0.3) is 0 Å². The van der Waals surface area contributed by atoms with Crippen molar-refractivity contribution in [2.24, 2.45) is 0 Å². The molecule has 132 valence electrons. The smallest absolute Gasteiger partial charge is 0.288 e. The molecule has 3 rings (SSSR count). The molecule has 26 heavy (non-hydrogen) atoms. The quantitative estimate of drug-likeness (QED) is 0.496. The zero-order valence-corrected chi connectivity index (χ0v) is 13.9. The number of hydrazine groups is 1. The Bertz CT molecular complexity index is 903. The van der Waals surface area contributed by atoms with E-state index in [1.807, 2.05) is 24.3 Å². The number of aromatic nitrogens is 3. The predicted molar refractivity (Wildman–Crippen MR) is 98.0 cm³/mol. The van der Waals surface area contributed by atoms with E-state index < -0.39 is 5.91 Å². The van der Waals surface area contributed by atoms with Gasteiger partial charge < -0.3 is 15.8 Å². The number of hydrogen-bond acceptors (Lipinski definition) is 8. The van der Waals surface area contributed by atoms with E-state index in [1.165, 1.54) is 12.5 Å². The van der Waals surface area contributed by atoms with E-state index in [4.69, 9.17) is 10.5 Å². The lowest BCUT2D eigenvalue weighted by molar-refractivity contribution is 0.0957. The molecule has 2 heterocycles. The van der Waals surface area contributed by atoms with E-state index in [9.17, 15) is 4.79 Å². The van der Waals surface area contributed by atoms with Gasteiger partial charge in [-0.05, 0) is 24.3 Å². The average molecular weight is 351 g/mol. The fraction of sp³-hybridized carbons (Fsp3) is 0.0588. The summed E-state index contributed by atoms with van der Waals surface area (Å²) >= 11 is 0. The Morgan fingerprint density at radius 2 is 1.81 bits per heavy atom. The van der Waals surface area contributed by atoms with Crippen LogP contribution in [0.1, 0.15) is 10.5 Å². The third-order valence-electron chi connectivity index (χ3n) is 3.44. The summed E-state index contributed by atoms with van der Waals surface area (Å²) < 4.78 is 5.29. The minimum atomic E-state index is -0.414. The van der Waals surface area contributed by atoms with Crippen molar-refractivity contribution in [2.45, 2.75) is 0 Å². The number of ether oxygens (including phenoxy) is 1. The molecule has 9 nitrogen and oxygen atoms in total. The summed E-state index contributed by atoms with van der Waals surface area (Å²) in [5, 5.41) is 3.09. The first-order chi connectivity index (χ1) is 12.7. The number of nitrogens with two attached hydrogens (primary N) is 1. The van der Waals surface area contributed by atoms with Crippen LogP contribution in [0.2, 0.25) is 0 Å². The summed E-state index contributed by atoms with van der Waals surface area (Å²) in [6.07, 6.45) is 2.85. The van der Waals surface area contributed by atoms with Crippen molar-refractivity contribution in [1.29, 1.82) is 0 Å². The van der Waals surface area contributed by atoms with Crippen molar-refractivity contribution in [3.05, 3.63) is 60.7 Å². The maximum Gasteiger partial charge on any atom is 0.288 e. The van der Waals surface area contributed by atoms with Crippen molar-refractivity contribution in [1.82, 2.24) is 20.4 Å². The molecule has 0 saturated heterocycles. The Kier molecular flexibility index (Phi) is 5.08. The Balaban J connectivity index is 1.74. The lowest BCUT2D eigenvalue weighted by atomic mass is 10.3. The highest BCUT2D eigenvalue weighted by Crippen LogP contribution is 2.30. The summed E-state index contributed by atoms with van der Waals surface area (Å²) in [5.74, 6) is 0.854. The van der Waals surface area contributed by atoms with Crippen molar-refractivity contribution in [2.75, 3.05) is 23.6 Å². The molecule has 0 saturated carbocycles. The van der Waals surface area contributed by atoms with Crippen LogP contribution in [0.3, 0.4) is 0 Å². The van der Waals surface area contributed by atoms with Gasteiger partial charge >= 0.3 is 0 Å².